The minimum atomic E-state index is 0.0569. The van der Waals surface area contributed by atoms with Crippen molar-refractivity contribution in [3.05, 3.63) is 0 Å². The lowest BCUT2D eigenvalue weighted by Crippen LogP contribution is -2.39. The Balaban J connectivity index is 2.20. The minimum absolute atomic E-state index is 0.0569. The number of aromatic nitrogens is 3. The molecule has 1 aliphatic heterocycles. The van der Waals surface area contributed by atoms with E-state index in [4.69, 9.17) is 9.47 Å². The van der Waals surface area contributed by atoms with Crippen LogP contribution in [0.25, 0.3) is 0 Å². The SMILES string of the molecule is CCNc1nc(OC2COC2)nc(N(CC)CC)n1. The van der Waals surface area contributed by atoms with Crippen molar-refractivity contribution in [2.45, 2.75) is 26.9 Å². The highest BCUT2D eigenvalue weighted by Crippen LogP contribution is 2.17. The monoisotopic (exact) mass is 267 g/mol. The van der Waals surface area contributed by atoms with Crippen LogP contribution in [0.2, 0.25) is 0 Å². The van der Waals surface area contributed by atoms with Gasteiger partial charge in [0.05, 0.1) is 13.2 Å². The molecule has 0 spiro atoms. The van der Waals surface area contributed by atoms with Crippen LogP contribution in [0.3, 0.4) is 0 Å². The molecule has 0 amide bonds. The Kier molecular flexibility index (Phi) is 4.73. The summed E-state index contributed by atoms with van der Waals surface area (Å²) in [4.78, 5) is 15.1. The van der Waals surface area contributed by atoms with Crippen LogP contribution in [0, 0.1) is 0 Å². The normalized spacial score (nSPS) is 14.9. The molecule has 1 N–H and O–H groups in total. The fourth-order valence-corrected chi connectivity index (χ4v) is 1.71. The van der Waals surface area contributed by atoms with Gasteiger partial charge in [-0.25, -0.2) is 0 Å². The van der Waals surface area contributed by atoms with Gasteiger partial charge in [-0.05, 0) is 20.8 Å². The number of anilines is 2. The van der Waals surface area contributed by atoms with Crippen molar-refractivity contribution in [3.8, 4) is 6.01 Å². The number of nitrogens with zero attached hydrogens (tertiary/aromatic N) is 4. The predicted molar refractivity (Wildman–Crippen MR) is 72.8 cm³/mol. The molecule has 1 aliphatic rings. The molecule has 1 aromatic rings. The van der Waals surface area contributed by atoms with Crippen molar-refractivity contribution >= 4 is 11.9 Å². The van der Waals surface area contributed by atoms with E-state index in [-0.39, 0.29) is 6.10 Å². The van der Waals surface area contributed by atoms with E-state index in [0.717, 1.165) is 19.6 Å². The fraction of sp³-hybridized carbons (Fsp3) is 0.750. The highest BCUT2D eigenvalue weighted by molar-refractivity contribution is 5.38. The molecule has 2 heterocycles. The van der Waals surface area contributed by atoms with Crippen molar-refractivity contribution in [2.24, 2.45) is 0 Å². The summed E-state index contributed by atoms with van der Waals surface area (Å²) < 4.78 is 10.7. The lowest BCUT2D eigenvalue weighted by molar-refractivity contribution is -0.0831. The lowest BCUT2D eigenvalue weighted by atomic mass is 10.3. The second kappa shape index (κ2) is 6.51. The predicted octanol–water partition coefficient (Wildman–Crippen LogP) is 0.927. The lowest BCUT2D eigenvalue weighted by Gasteiger charge is -2.26. The molecule has 1 saturated heterocycles. The number of hydrogen-bond acceptors (Lipinski definition) is 7. The maximum Gasteiger partial charge on any atom is 0.323 e. The first-order chi connectivity index (χ1) is 9.26. The largest absolute Gasteiger partial charge is 0.455 e. The van der Waals surface area contributed by atoms with Gasteiger partial charge in [-0.2, -0.15) is 15.0 Å². The first-order valence-electron chi connectivity index (χ1n) is 6.76. The van der Waals surface area contributed by atoms with Gasteiger partial charge in [0.25, 0.3) is 0 Å². The van der Waals surface area contributed by atoms with E-state index in [1.807, 2.05) is 6.92 Å². The zero-order chi connectivity index (χ0) is 13.7. The third kappa shape index (κ3) is 3.44. The van der Waals surface area contributed by atoms with Gasteiger partial charge in [0.1, 0.15) is 6.10 Å². The molecule has 7 nitrogen and oxygen atoms in total. The maximum absolute atomic E-state index is 5.66. The molecular formula is C12H21N5O2. The van der Waals surface area contributed by atoms with Gasteiger partial charge >= 0.3 is 6.01 Å². The first kappa shape index (κ1) is 13.8. The van der Waals surface area contributed by atoms with Crippen LogP contribution in [0.15, 0.2) is 0 Å². The Morgan fingerprint density at radius 2 is 1.95 bits per heavy atom. The number of hydrogen-bond donors (Lipinski definition) is 1. The number of ether oxygens (including phenoxy) is 2. The fourth-order valence-electron chi connectivity index (χ4n) is 1.71. The molecule has 0 saturated carbocycles. The molecule has 0 unspecified atom stereocenters. The molecule has 0 atom stereocenters. The zero-order valence-electron chi connectivity index (χ0n) is 11.7. The number of nitrogens with one attached hydrogen (secondary N) is 1. The highest BCUT2D eigenvalue weighted by Gasteiger charge is 2.22. The second-order valence-corrected chi connectivity index (χ2v) is 4.22. The standard InChI is InChI=1S/C12H21N5O2/c1-4-13-10-14-11(17(5-2)6-3)16-12(15-10)19-9-7-18-8-9/h9H,4-8H2,1-3H3,(H,13,14,15,16). The summed E-state index contributed by atoms with van der Waals surface area (Å²) in [7, 11) is 0. The summed E-state index contributed by atoms with van der Waals surface area (Å²) in [5.41, 5.74) is 0. The molecule has 19 heavy (non-hydrogen) atoms. The minimum Gasteiger partial charge on any atom is -0.455 e. The Morgan fingerprint density at radius 3 is 2.47 bits per heavy atom. The average Bonchev–Trinajstić information content (AvgIpc) is 2.36. The molecule has 2 rings (SSSR count). The smallest absolute Gasteiger partial charge is 0.323 e. The Hall–Kier alpha value is -1.63. The third-order valence-corrected chi connectivity index (χ3v) is 2.86. The summed E-state index contributed by atoms with van der Waals surface area (Å²) in [6, 6.07) is 0.362. The zero-order valence-corrected chi connectivity index (χ0v) is 11.7. The summed E-state index contributed by atoms with van der Waals surface area (Å²) in [5.74, 6) is 1.20. The van der Waals surface area contributed by atoms with Crippen LogP contribution < -0.4 is 15.0 Å². The van der Waals surface area contributed by atoms with Crippen LogP contribution in [0.1, 0.15) is 20.8 Å². The van der Waals surface area contributed by atoms with E-state index in [1.165, 1.54) is 0 Å². The van der Waals surface area contributed by atoms with Gasteiger partial charge in [0.15, 0.2) is 0 Å². The van der Waals surface area contributed by atoms with Gasteiger partial charge in [0, 0.05) is 19.6 Å². The highest BCUT2D eigenvalue weighted by atomic mass is 16.6. The van der Waals surface area contributed by atoms with Gasteiger partial charge in [0.2, 0.25) is 11.9 Å². The van der Waals surface area contributed by atoms with Crippen molar-refractivity contribution in [1.82, 2.24) is 15.0 Å². The van der Waals surface area contributed by atoms with Crippen molar-refractivity contribution in [3.63, 3.8) is 0 Å². The van der Waals surface area contributed by atoms with Crippen LogP contribution in [0.5, 0.6) is 6.01 Å². The molecule has 0 bridgehead atoms. The van der Waals surface area contributed by atoms with Gasteiger partial charge in [-0.1, -0.05) is 0 Å². The Labute approximate surface area is 113 Å². The van der Waals surface area contributed by atoms with Crippen LogP contribution >= 0.6 is 0 Å². The number of rotatable bonds is 7. The van der Waals surface area contributed by atoms with E-state index in [1.54, 1.807) is 0 Å². The van der Waals surface area contributed by atoms with Crippen molar-refractivity contribution in [1.29, 1.82) is 0 Å². The summed E-state index contributed by atoms with van der Waals surface area (Å²) in [6.07, 6.45) is 0.0569. The third-order valence-electron chi connectivity index (χ3n) is 2.86. The summed E-state index contributed by atoms with van der Waals surface area (Å²) >= 11 is 0. The van der Waals surface area contributed by atoms with Gasteiger partial charge in [-0.3, -0.25) is 0 Å². The molecule has 1 aromatic heterocycles. The van der Waals surface area contributed by atoms with E-state index >= 15 is 0 Å². The Bertz CT molecular complexity index is 407. The molecule has 1 fully saturated rings. The maximum atomic E-state index is 5.66. The van der Waals surface area contributed by atoms with E-state index in [9.17, 15) is 0 Å². The molecule has 106 valence electrons. The quantitative estimate of drug-likeness (QED) is 0.787. The topological polar surface area (TPSA) is 72.4 Å². The van der Waals surface area contributed by atoms with Crippen molar-refractivity contribution in [2.75, 3.05) is 43.1 Å². The second-order valence-electron chi connectivity index (χ2n) is 4.22. The van der Waals surface area contributed by atoms with E-state index in [0.29, 0.717) is 31.1 Å². The first-order valence-corrected chi connectivity index (χ1v) is 6.76. The summed E-state index contributed by atoms with van der Waals surface area (Å²) in [5, 5.41) is 3.10. The molecule has 7 heteroatoms. The average molecular weight is 267 g/mol. The molecule has 0 aliphatic carbocycles. The molecular weight excluding hydrogens is 246 g/mol. The van der Waals surface area contributed by atoms with Gasteiger partial charge in [-0.15, -0.1) is 0 Å². The molecule has 0 radical (unpaired) electrons. The molecule has 0 aromatic carbocycles. The summed E-state index contributed by atoms with van der Waals surface area (Å²) in [6.45, 7) is 9.79. The van der Waals surface area contributed by atoms with Crippen LogP contribution in [-0.2, 0) is 4.74 Å². The van der Waals surface area contributed by atoms with E-state index in [2.05, 4.69) is 39.0 Å². The van der Waals surface area contributed by atoms with Crippen LogP contribution in [-0.4, -0.2) is 53.9 Å². The van der Waals surface area contributed by atoms with Crippen molar-refractivity contribution < 1.29 is 9.47 Å². The van der Waals surface area contributed by atoms with Crippen LogP contribution in [0.4, 0.5) is 11.9 Å². The van der Waals surface area contributed by atoms with Gasteiger partial charge < -0.3 is 19.7 Å². The Morgan fingerprint density at radius 1 is 1.21 bits per heavy atom. The van der Waals surface area contributed by atoms with E-state index < -0.39 is 0 Å².